The Kier molecular flexibility index (Phi) is 4.28. The molecule has 0 radical (unpaired) electrons. The van der Waals surface area contributed by atoms with Crippen molar-refractivity contribution >= 4 is 16.8 Å². The van der Waals surface area contributed by atoms with Gasteiger partial charge in [0.15, 0.2) is 0 Å². The number of piperidine rings is 1. The summed E-state index contributed by atoms with van der Waals surface area (Å²) >= 11 is 0. The maximum absolute atomic E-state index is 12.0. The number of H-pyrrole nitrogens is 1. The van der Waals surface area contributed by atoms with Crippen molar-refractivity contribution < 1.29 is 4.79 Å². The molecule has 1 aliphatic rings. The number of carbonyl (C=O) groups excluding carboxylic acids is 1. The van der Waals surface area contributed by atoms with Gasteiger partial charge < -0.3 is 10.7 Å². The van der Waals surface area contributed by atoms with E-state index in [-0.39, 0.29) is 11.9 Å². The maximum Gasteiger partial charge on any atom is 0.239 e. The Morgan fingerprint density at radius 2 is 1.72 bits per heavy atom. The highest BCUT2D eigenvalue weighted by Crippen LogP contribution is 2.33. The van der Waals surface area contributed by atoms with Crippen LogP contribution in [0.1, 0.15) is 36.1 Å². The van der Waals surface area contributed by atoms with Crippen LogP contribution in [0.4, 0.5) is 0 Å². The number of primary amides is 1. The third-order valence-electron chi connectivity index (χ3n) is 5.27. The second-order valence-corrected chi connectivity index (χ2v) is 6.84. The van der Waals surface area contributed by atoms with Gasteiger partial charge in [0.05, 0.1) is 0 Å². The van der Waals surface area contributed by atoms with Crippen molar-refractivity contribution in [2.45, 2.75) is 24.8 Å². The van der Waals surface area contributed by atoms with Crippen LogP contribution in [0.25, 0.3) is 10.9 Å². The normalized spacial score (nSPS) is 17.6. The second kappa shape index (κ2) is 6.73. The number of aromatic amines is 1. The van der Waals surface area contributed by atoms with Crippen molar-refractivity contribution in [2.75, 3.05) is 13.1 Å². The van der Waals surface area contributed by atoms with Gasteiger partial charge in [-0.25, -0.2) is 0 Å². The molecule has 0 saturated carbocycles. The first-order valence-electron chi connectivity index (χ1n) is 8.88. The van der Waals surface area contributed by atoms with Gasteiger partial charge in [-0.3, -0.25) is 9.69 Å². The molecule has 0 aliphatic carbocycles. The van der Waals surface area contributed by atoms with Gasteiger partial charge in [0.2, 0.25) is 5.91 Å². The molecule has 4 rings (SSSR count). The van der Waals surface area contributed by atoms with Crippen LogP contribution in [0.3, 0.4) is 0 Å². The molecule has 0 bridgehead atoms. The van der Waals surface area contributed by atoms with Crippen molar-refractivity contribution in [3.05, 3.63) is 71.9 Å². The van der Waals surface area contributed by atoms with Crippen LogP contribution >= 0.6 is 0 Å². The quantitative estimate of drug-likeness (QED) is 0.766. The van der Waals surface area contributed by atoms with E-state index < -0.39 is 0 Å². The molecule has 1 amide bonds. The van der Waals surface area contributed by atoms with Crippen LogP contribution in [0.15, 0.2) is 60.7 Å². The highest BCUT2D eigenvalue weighted by molar-refractivity contribution is 5.81. The van der Waals surface area contributed by atoms with E-state index in [4.69, 9.17) is 5.73 Å². The zero-order valence-electron chi connectivity index (χ0n) is 14.2. The number of fused-ring (bicyclic) bond motifs is 1. The van der Waals surface area contributed by atoms with E-state index >= 15 is 0 Å². The van der Waals surface area contributed by atoms with Gasteiger partial charge in [0.1, 0.15) is 6.04 Å². The summed E-state index contributed by atoms with van der Waals surface area (Å²) in [5, 5.41) is 1.26. The molecule has 3 N–H and O–H groups in total. The van der Waals surface area contributed by atoms with Crippen LogP contribution in [-0.2, 0) is 4.79 Å². The SMILES string of the molecule is NC(=O)[C@@H](c1ccccc1)N1CCC(c2cc3ccccc3[nH]2)CC1. The van der Waals surface area contributed by atoms with Crippen molar-refractivity contribution in [3.63, 3.8) is 0 Å². The van der Waals surface area contributed by atoms with E-state index in [1.165, 1.54) is 16.6 Å². The van der Waals surface area contributed by atoms with E-state index in [0.29, 0.717) is 5.92 Å². The molecule has 128 valence electrons. The molecule has 1 atom stereocenters. The number of carbonyl (C=O) groups is 1. The van der Waals surface area contributed by atoms with Crippen LogP contribution in [0.2, 0.25) is 0 Å². The molecule has 1 fully saturated rings. The molecule has 3 aromatic rings. The summed E-state index contributed by atoms with van der Waals surface area (Å²) in [5.74, 6) is 0.239. The molecule has 4 nitrogen and oxygen atoms in total. The highest BCUT2D eigenvalue weighted by atomic mass is 16.1. The Bertz CT molecular complexity index is 830. The van der Waals surface area contributed by atoms with Gasteiger partial charge in [-0.15, -0.1) is 0 Å². The number of nitrogens with one attached hydrogen (secondary N) is 1. The van der Waals surface area contributed by atoms with E-state index in [1.807, 2.05) is 30.3 Å². The van der Waals surface area contributed by atoms with Crippen LogP contribution in [0.5, 0.6) is 0 Å². The first-order valence-corrected chi connectivity index (χ1v) is 8.88. The predicted molar refractivity (Wildman–Crippen MR) is 100 cm³/mol. The number of nitrogens with zero attached hydrogens (tertiary/aromatic N) is 1. The van der Waals surface area contributed by atoms with Crippen LogP contribution < -0.4 is 5.73 Å². The fourth-order valence-corrected chi connectivity index (χ4v) is 3.97. The summed E-state index contributed by atoms with van der Waals surface area (Å²) in [7, 11) is 0. The number of hydrogen-bond acceptors (Lipinski definition) is 2. The molecule has 25 heavy (non-hydrogen) atoms. The molecule has 2 aromatic carbocycles. The van der Waals surface area contributed by atoms with Gasteiger partial charge in [-0.2, -0.15) is 0 Å². The maximum atomic E-state index is 12.0. The van der Waals surface area contributed by atoms with E-state index in [9.17, 15) is 4.79 Å². The van der Waals surface area contributed by atoms with E-state index in [0.717, 1.165) is 31.5 Å². The van der Waals surface area contributed by atoms with Crippen LogP contribution in [-0.4, -0.2) is 28.9 Å². The molecule has 4 heteroatoms. The van der Waals surface area contributed by atoms with Gasteiger partial charge in [-0.1, -0.05) is 48.5 Å². The third-order valence-corrected chi connectivity index (χ3v) is 5.27. The lowest BCUT2D eigenvalue weighted by molar-refractivity contribution is -0.124. The minimum Gasteiger partial charge on any atom is -0.368 e. The Hall–Kier alpha value is -2.59. The van der Waals surface area contributed by atoms with Crippen molar-refractivity contribution in [1.29, 1.82) is 0 Å². The summed E-state index contributed by atoms with van der Waals surface area (Å²) < 4.78 is 0. The summed E-state index contributed by atoms with van der Waals surface area (Å²) in [4.78, 5) is 17.8. The number of nitrogens with two attached hydrogens (primary N) is 1. The number of likely N-dealkylation sites (tertiary alicyclic amines) is 1. The number of aromatic nitrogens is 1. The number of para-hydroxylation sites is 1. The van der Waals surface area contributed by atoms with Gasteiger partial charge in [0.25, 0.3) is 0 Å². The molecule has 0 unspecified atom stereocenters. The smallest absolute Gasteiger partial charge is 0.239 e. The zero-order chi connectivity index (χ0) is 17.2. The van der Waals surface area contributed by atoms with Gasteiger partial charge in [-0.05, 0) is 49.0 Å². The fourth-order valence-electron chi connectivity index (χ4n) is 3.97. The van der Waals surface area contributed by atoms with Crippen molar-refractivity contribution in [1.82, 2.24) is 9.88 Å². The Balaban J connectivity index is 1.49. The molecular formula is C21H23N3O. The van der Waals surface area contributed by atoms with E-state index in [1.54, 1.807) is 0 Å². The lowest BCUT2D eigenvalue weighted by atomic mass is 9.91. The zero-order valence-corrected chi connectivity index (χ0v) is 14.2. The number of benzene rings is 2. The number of rotatable bonds is 4. The molecule has 0 spiro atoms. The molecular weight excluding hydrogens is 310 g/mol. The van der Waals surface area contributed by atoms with Crippen molar-refractivity contribution in [3.8, 4) is 0 Å². The Labute approximate surface area is 147 Å². The average Bonchev–Trinajstić information content (AvgIpc) is 3.07. The average molecular weight is 333 g/mol. The molecule has 1 aliphatic heterocycles. The minimum absolute atomic E-state index is 0.268. The van der Waals surface area contributed by atoms with Crippen LogP contribution in [0, 0.1) is 0 Å². The second-order valence-electron chi connectivity index (χ2n) is 6.84. The molecule has 1 saturated heterocycles. The topological polar surface area (TPSA) is 62.1 Å². The Morgan fingerprint density at radius 3 is 2.40 bits per heavy atom. The number of hydrogen-bond donors (Lipinski definition) is 2. The Morgan fingerprint density at radius 1 is 1.04 bits per heavy atom. The van der Waals surface area contributed by atoms with Gasteiger partial charge >= 0.3 is 0 Å². The summed E-state index contributed by atoms with van der Waals surface area (Å²) in [6.45, 7) is 1.76. The predicted octanol–water partition coefficient (Wildman–Crippen LogP) is 3.57. The molecule has 1 aromatic heterocycles. The lowest BCUT2D eigenvalue weighted by Gasteiger charge is -2.36. The lowest BCUT2D eigenvalue weighted by Crippen LogP contribution is -2.42. The minimum atomic E-state index is -0.329. The first-order chi connectivity index (χ1) is 12.2. The monoisotopic (exact) mass is 333 g/mol. The fraction of sp³-hybridized carbons (Fsp3) is 0.286. The first kappa shape index (κ1) is 15.9. The third kappa shape index (κ3) is 3.17. The highest BCUT2D eigenvalue weighted by Gasteiger charge is 2.30. The van der Waals surface area contributed by atoms with E-state index in [2.05, 4.69) is 40.2 Å². The van der Waals surface area contributed by atoms with Crippen molar-refractivity contribution in [2.24, 2.45) is 5.73 Å². The molecule has 2 heterocycles. The summed E-state index contributed by atoms with van der Waals surface area (Å²) in [5.41, 5.74) is 9.19. The largest absolute Gasteiger partial charge is 0.368 e. The van der Waals surface area contributed by atoms with Gasteiger partial charge in [0, 0.05) is 17.1 Å². The summed E-state index contributed by atoms with van der Waals surface area (Å²) in [6, 6.07) is 20.2. The number of amides is 1. The standard InChI is InChI=1S/C21H23N3O/c22-21(25)20(16-6-2-1-3-7-16)24-12-10-15(11-13-24)19-14-17-8-4-5-9-18(17)23-19/h1-9,14-15,20,23H,10-13H2,(H2,22,25)/t20-/m1/s1. The summed E-state index contributed by atoms with van der Waals surface area (Å²) in [6.07, 6.45) is 2.06.